The van der Waals surface area contributed by atoms with Crippen LogP contribution < -0.4 is 11.1 Å². The molecule has 0 heterocycles. The molecule has 1 amide bonds. The van der Waals surface area contributed by atoms with Crippen molar-refractivity contribution in [3.05, 3.63) is 35.4 Å². The highest BCUT2D eigenvalue weighted by molar-refractivity contribution is 5.94. The third kappa shape index (κ3) is 5.00. The van der Waals surface area contributed by atoms with Gasteiger partial charge in [-0.1, -0.05) is 31.9 Å². The second-order valence-electron chi connectivity index (χ2n) is 4.20. The zero-order chi connectivity index (χ0) is 12.5. The zero-order valence-electron chi connectivity index (χ0n) is 10.5. The van der Waals surface area contributed by atoms with Crippen LogP contribution in [0.15, 0.2) is 24.3 Å². The Balaban J connectivity index is 2.46. The molecule has 0 unspecified atom stereocenters. The minimum absolute atomic E-state index is 0.0458. The second kappa shape index (κ2) is 7.85. The minimum Gasteiger partial charge on any atom is -0.351 e. The van der Waals surface area contributed by atoms with Crippen LogP contribution in [0.5, 0.6) is 0 Å². The molecule has 0 aliphatic carbocycles. The van der Waals surface area contributed by atoms with Crippen molar-refractivity contribution in [3.8, 4) is 0 Å². The summed E-state index contributed by atoms with van der Waals surface area (Å²) in [6.07, 6.45) is 4.81. The normalized spacial score (nSPS) is 10.2. The maximum Gasteiger partial charge on any atom is 0.251 e. The Hall–Kier alpha value is -1.35. The first-order valence-electron chi connectivity index (χ1n) is 6.35. The topological polar surface area (TPSA) is 55.1 Å². The predicted octanol–water partition coefficient (Wildman–Crippen LogP) is 2.11. The fourth-order valence-corrected chi connectivity index (χ4v) is 1.69. The van der Waals surface area contributed by atoms with Gasteiger partial charge >= 0.3 is 0 Å². The average Bonchev–Trinajstić information content (AvgIpc) is 2.37. The second-order valence-corrected chi connectivity index (χ2v) is 4.20. The zero-order valence-corrected chi connectivity index (χ0v) is 10.5. The lowest BCUT2D eigenvalue weighted by Gasteiger charge is -2.05. The van der Waals surface area contributed by atoms with Gasteiger partial charge in [0.15, 0.2) is 0 Å². The van der Waals surface area contributed by atoms with Gasteiger partial charge in [-0.25, -0.2) is 0 Å². The summed E-state index contributed by atoms with van der Waals surface area (Å²) in [7, 11) is 0. The van der Waals surface area contributed by atoms with E-state index in [1.165, 1.54) is 24.8 Å². The maximum atomic E-state index is 11.6. The summed E-state index contributed by atoms with van der Waals surface area (Å²) in [5.74, 6) is -0.0458. The molecule has 94 valence electrons. The molecule has 3 heteroatoms. The number of nitrogens with two attached hydrogens (primary N) is 1. The molecule has 0 aromatic heterocycles. The Labute approximate surface area is 103 Å². The van der Waals surface area contributed by atoms with Crippen molar-refractivity contribution >= 4 is 5.91 Å². The average molecular weight is 234 g/mol. The first-order valence-corrected chi connectivity index (χ1v) is 6.35. The van der Waals surface area contributed by atoms with Gasteiger partial charge in [-0.3, -0.25) is 4.79 Å². The van der Waals surface area contributed by atoms with Gasteiger partial charge in [0.25, 0.3) is 5.91 Å². The Kier molecular flexibility index (Phi) is 6.33. The van der Waals surface area contributed by atoms with Crippen LogP contribution in [0, 0.1) is 0 Å². The van der Waals surface area contributed by atoms with E-state index in [0.29, 0.717) is 18.7 Å². The summed E-state index contributed by atoms with van der Waals surface area (Å²) >= 11 is 0. The Morgan fingerprint density at radius 2 is 1.94 bits per heavy atom. The Bertz CT molecular complexity index is 333. The van der Waals surface area contributed by atoms with Gasteiger partial charge in [0.05, 0.1) is 0 Å². The molecule has 1 aromatic carbocycles. The highest BCUT2D eigenvalue weighted by atomic mass is 16.1. The molecule has 0 atom stereocenters. The SMILES string of the molecule is CCCCCc1ccc(C(=O)NCCN)cc1. The summed E-state index contributed by atoms with van der Waals surface area (Å²) in [5.41, 5.74) is 7.34. The lowest BCUT2D eigenvalue weighted by atomic mass is 10.1. The number of amides is 1. The van der Waals surface area contributed by atoms with Crippen molar-refractivity contribution in [2.24, 2.45) is 5.73 Å². The standard InChI is InChI=1S/C14H22N2O/c1-2-3-4-5-12-6-8-13(9-7-12)14(17)16-11-10-15/h6-9H,2-5,10-11,15H2,1H3,(H,16,17). The molecule has 3 N–H and O–H groups in total. The van der Waals surface area contributed by atoms with E-state index in [0.717, 1.165) is 6.42 Å². The highest BCUT2D eigenvalue weighted by Gasteiger charge is 2.03. The highest BCUT2D eigenvalue weighted by Crippen LogP contribution is 2.08. The molecule has 0 saturated carbocycles. The van der Waals surface area contributed by atoms with E-state index in [2.05, 4.69) is 12.2 Å². The van der Waals surface area contributed by atoms with Crippen molar-refractivity contribution < 1.29 is 4.79 Å². The number of unbranched alkanes of at least 4 members (excludes halogenated alkanes) is 2. The molecule has 0 saturated heterocycles. The summed E-state index contributed by atoms with van der Waals surface area (Å²) in [5, 5.41) is 2.76. The fourth-order valence-electron chi connectivity index (χ4n) is 1.69. The Morgan fingerprint density at radius 1 is 1.24 bits per heavy atom. The molecule has 1 aromatic rings. The van der Waals surface area contributed by atoms with E-state index in [1.54, 1.807) is 0 Å². The first kappa shape index (κ1) is 13.7. The predicted molar refractivity (Wildman–Crippen MR) is 71.1 cm³/mol. The van der Waals surface area contributed by atoms with E-state index >= 15 is 0 Å². The van der Waals surface area contributed by atoms with E-state index in [1.807, 2.05) is 24.3 Å². The molecule has 17 heavy (non-hydrogen) atoms. The fraction of sp³-hybridized carbons (Fsp3) is 0.500. The van der Waals surface area contributed by atoms with Crippen molar-refractivity contribution in [1.29, 1.82) is 0 Å². The van der Waals surface area contributed by atoms with Gasteiger partial charge in [0.2, 0.25) is 0 Å². The van der Waals surface area contributed by atoms with Crippen LogP contribution >= 0.6 is 0 Å². The molecule has 0 bridgehead atoms. The maximum absolute atomic E-state index is 11.6. The largest absolute Gasteiger partial charge is 0.351 e. The number of nitrogens with one attached hydrogen (secondary N) is 1. The van der Waals surface area contributed by atoms with Gasteiger partial charge in [-0.2, -0.15) is 0 Å². The number of rotatable bonds is 7. The van der Waals surface area contributed by atoms with E-state index < -0.39 is 0 Å². The number of aryl methyl sites for hydroxylation is 1. The van der Waals surface area contributed by atoms with Gasteiger partial charge in [0, 0.05) is 18.7 Å². The summed E-state index contributed by atoms with van der Waals surface area (Å²) < 4.78 is 0. The Morgan fingerprint density at radius 3 is 2.53 bits per heavy atom. The number of hydrogen-bond donors (Lipinski definition) is 2. The van der Waals surface area contributed by atoms with Crippen LogP contribution in [0.25, 0.3) is 0 Å². The number of carbonyl (C=O) groups excluding carboxylic acids is 1. The molecule has 1 rings (SSSR count). The molecule has 0 fully saturated rings. The van der Waals surface area contributed by atoms with E-state index in [-0.39, 0.29) is 5.91 Å². The molecule has 0 aliphatic rings. The van der Waals surface area contributed by atoms with Gasteiger partial charge < -0.3 is 11.1 Å². The molecule has 3 nitrogen and oxygen atoms in total. The summed E-state index contributed by atoms with van der Waals surface area (Å²) in [6, 6.07) is 7.83. The molecule has 0 radical (unpaired) electrons. The third-order valence-electron chi connectivity index (χ3n) is 2.72. The number of hydrogen-bond acceptors (Lipinski definition) is 2. The van der Waals surface area contributed by atoms with Crippen LogP contribution in [-0.4, -0.2) is 19.0 Å². The van der Waals surface area contributed by atoms with Crippen LogP contribution in [0.3, 0.4) is 0 Å². The third-order valence-corrected chi connectivity index (χ3v) is 2.72. The molecular weight excluding hydrogens is 212 g/mol. The van der Waals surface area contributed by atoms with E-state index in [4.69, 9.17) is 5.73 Å². The van der Waals surface area contributed by atoms with Gasteiger partial charge in [0.1, 0.15) is 0 Å². The monoisotopic (exact) mass is 234 g/mol. The number of carbonyl (C=O) groups is 1. The van der Waals surface area contributed by atoms with Crippen LogP contribution in [0.4, 0.5) is 0 Å². The summed E-state index contributed by atoms with van der Waals surface area (Å²) in [4.78, 5) is 11.6. The van der Waals surface area contributed by atoms with Crippen LogP contribution in [0.2, 0.25) is 0 Å². The quantitative estimate of drug-likeness (QED) is 0.710. The lowest BCUT2D eigenvalue weighted by Crippen LogP contribution is -2.28. The molecular formula is C14H22N2O. The smallest absolute Gasteiger partial charge is 0.251 e. The van der Waals surface area contributed by atoms with Crippen molar-refractivity contribution in [3.63, 3.8) is 0 Å². The van der Waals surface area contributed by atoms with Gasteiger partial charge in [-0.05, 0) is 30.5 Å². The number of benzene rings is 1. The molecule has 0 aliphatic heterocycles. The van der Waals surface area contributed by atoms with Crippen molar-refractivity contribution in [2.75, 3.05) is 13.1 Å². The molecule has 0 spiro atoms. The summed E-state index contributed by atoms with van der Waals surface area (Å²) in [6.45, 7) is 3.20. The van der Waals surface area contributed by atoms with Gasteiger partial charge in [-0.15, -0.1) is 0 Å². The van der Waals surface area contributed by atoms with Crippen LogP contribution in [0.1, 0.15) is 42.1 Å². The van der Waals surface area contributed by atoms with E-state index in [9.17, 15) is 4.79 Å². The van der Waals surface area contributed by atoms with Crippen molar-refractivity contribution in [2.45, 2.75) is 32.6 Å². The lowest BCUT2D eigenvalue weighted by molar-refractivity contribution is 0.0955. The van der Waals surface area contributed by atoms with Crippen molar-refractivity contribution in [1.82, 2.24) is 5.32 Å². The minimum atomic E-state index is -0.0458. The first-order chi connectivity index (χ1) is 8.27. The van der Waals surface area contributed by atoms with Crippen LogP contribution in [-0.2, 0) is 6.42 Å².